The first-order chi connectivity index (χ1) is 8.60. The second-order valence-corrected chi connectivity index (χ2v) is 7.02. The van der Waals surface area contributed by atoms with Gasteiger partial charge in [0.25, 0.3) is 10.1 Å². The Hall–Kier alpha value is 0.0200. The summed E-state index contributed by atoms with van der Waals surface area (Å²) in [5.74, 6) is 0. The van der Waals surface area contributed by atoms with E-state index in [0.717, 1.165) is 6.26 Å². The molecule has 0 aromatic heterocycles. The molecular formula is C10H23O7PS. The third-order valence-electron chi connectivity index (χ3n) is 1.63. The minimum absolute atomic E-state index is 0.109. The molecule has 1 unspecified atom stereocenters. The topological polar surface area (TPSA) is 88.1 Å². The van der Waals surface area contributed by atoms with Gasteiger partial charge in [-0.2, -0.15) is 8.42 Å². The molecule has 0 aliphatic carbocycles. The molecule has 116 valence electrons. The lowest BCUT2D eigenvalue weighted by atomic mass is 10.5. The van der Waals surface area contributed by atoms with E-state index in [0.29, 0.717) is 0 Å². The first-order valence-electron chi connectivity index (χ1n) is 5.90. The van der Waals surface area contributed by atoms with Crippen LogP contribution in [0.15, 0.2) is 0 Å². The van der Waals surface area contributed by atoms with E-state index in [4.69, 9.17) is 14.2 Å². The summed E-state index contributed by atoms with van der Waals surface area (Å²) in [4.78, 5) is 0. The zero-order valence-corrected chi connectivity index (χ0v) is 13.9. The van der Waals surface area contributed by atoms with E-state index in [-0.39, 0.29) is 25.4 Å². The maximum atomic E-state index is 11.4. The van der Waals surface area contributed by atoms with Crippen molar-refractivity contribution >= 4 is 18.6 Å². The van der Waals surface area contributed by atoms with Crippen LogP contribution < -0.4 is 0 Å². The summed E-state index contributed by atoms with van der Waals surface area (Å²) in [6, 6.07) is 0. The molecule has 0 N–H and O–H groups in total. The highest BCUT2D eigenvalue weighted by molar-refractivity contribution is 7.85. The lowest BCUT2D eigenvalue weighted by Crippen LogP contribution is -2.38. The van der Waals surface area contributed by atoms with Crippen LogP contribution >= 0.6 is 8.46 Å². The van der Waals surface area contributed by atoms with Crippen molar-refractivity contribution < 1.29 is 31.4 Å². The predicted octanol–water partition coefficient (Wildman–Crippen LogP) is 1.20. The minimum atomic E-state index is -3.53. The highest BCUT2D eigenvalue weighted by atomic mass is 32.2. The molecule has 7 nitrogen and oxygen atoms in total. The first kappa shape index (κ1) is 19.0. The van der Waals surface area contributed by atoms with Crippen molar-refractivity contribution in [3.8, 4) is 0 Å². The van der Waals surface area contributed by atoms with Gasteiger partial charge in [0.05, 0.1) is 31.7 Å². The molecule has 0 aliphatic rings. The van der Waals surface area contributed by atoms with Gasteiger partial charge in [-0.3, -0.25) is 4.18 Å². The number of ether oxygens (including phenoxy) is 3. The number of hydrogen-bond acceptors (Lipinski definition) is 7. The fourth-order valence-corrected chi connectivity index (χ4v) is 2.42. The van der Waals surface area contributed by atoms with Crippen LogP contribution in [0.2, 0.25) is 0 Å². The molecule has 0 radical (unpaired) electrons. The Kier molecular flexibility index (Phi) is 8.35. The summed E-state index contributed by atoms with van der Waals surface area (Å²) in [6.07, 6.45) is 0.431. The van der Waals surface area contributed by atoms with Crippen LogP contribution in [-0.4, -0.2) is 45.8 Å². The standard InChI is InChI=1S/C10H23O7PS/c1-8(2)16-10(18-11,17-9(3)4)14-6-7-15-19(5,12)13/h8-9H,6-7,18H2,1-5H3. The third-order valence-corrected chi connectivity index (χ3v) is 2.95. The molecule has 19 heavy (non-hydrogen) atoms. The Balaban J connectivity index is 4.52. The largest absolute Gasteiger partial charge is 0.332 e. The summed E-state index contributed by atoms with van der Waals surface area (Å²) in [5, 5.41) is 0. The normalized spacial score (nSPS) is 14.1. The first-order valence-corrected chi connectivity index (χ1v) is 8.77. The van der Waals surface area contributed by atoms with Gasteiger partial charge >= 0.3 is 5.71 Å². The summed E-state index contributed by atoms with van der Waals surface area (Å²) < 4.78 is 53.6. The van der Waals surface area contributed by atoms with Gasteiger partial charge in [0.15, 0.2) is 8.46 Å². The van der Waals surface area contributed by atoms with Crippen LogP contribution in [0.3, 0.4) is 0 Å². The maximum absolute atomic E-state index is 11.4. The van der Waals surface area contributed by atoms with Crippen LogP contribution in [0.4, 0.5) is 0 Å². The van der Waals surface area contributed by atoms with Crippen molar-refractivity contribution in [1.82, 2.24) is 0 Å². The Morgan fingerprint density at radius 2 is 1.53 bits per heavy atom. The average Bonchev–Trinajstić information content (AvgIpc) is 2.21. The fourth-order valence-electron chi connectivity index (χ4n) is 1.21. The Bertz CT molecular complexity index is 356. The zero-order chi connectivity index (χ0) is 15.1. The second-order valence-electron chi connectivity index (χ2n) is 4.43. The van der Waals surface area contributed by atoms with E-state index >= 15 is 0 Å². The van der Waals surface area contributed by atoms with Crippen LogP contribution in [0, 0.1) is 0 Å². The molecule has 0 amide bonds. The molecule has 0 spiro atoms. The van der Waals surface area contributed by atoms with Gasteiger partial charge in [-0.1, -0.05) is 0 Å². The Labute approximate surface area is 115 Å². The van der Waals surface area contributed by atoms with Crippen molar-refractivity contribution in [2.45, 2.75) is 45.6 Å². The van der Waals surface area contributed by atoms with Crippen LogP contribution in [0.5, 0.6) is 0 Å². The molecule has 0 aromatic rings. The fraction of sp³-hybridized carbons (Fsp3) is 1.00. The quantitative estimate of drug-likeness (QED) is 0.259. The van der Waals surface area contributed by atoms with Crippen molar-refractivity contribution in [3.05, 3.63) is 0 Å². The molecule has 0 saturated carbocycles. The lowest BCUT2D eigenvalue weighted by molar-refractivity contribution is -0.344. The molecule has 0 aromatic carbocycles. The van der Waals surface area contributed by atoms with Gasteiger partial charge < -0.3 is 18.8 Å². The van der Waals surface area contributed by atoms with Gasteiger partial charge in [-0.15, -0.1) is 0 Å². The van der Waals surface area contributed by atoms with Crippen molar-refractivity contribution in [1.29, 1.82) is 0 Å². The Morgan fingerprint density at radius 3 is 1.84 bits per heavy atom. The SMILES string of the molecule is CC(C)OC(OCCOS(C)(=O)=O)(OC(C)C)[PH2]=O. The van der Waals surface area contributed by atoms with Gasteiger partial charge in [0, 0.05) is 0 Å². The van der Waals surface area contributed by atoms with E-state index < -0.39 is 24.3 Å². The summed E-state index contributed by atoms with van der Waals surface area (Å²) in [6.45, 7) is 6.71. The highest BCUT2D eigenvalue weighted by Gasteiger charge is 2.35. The lowest BCUT2D eigenvalue weighted by Gasteiger charge is -2.31. The molecular weight excluding hydrogens is 295 g/mol. The predicted molar refractivity (Wildman–Crippen MR) is 72.3 cm³/mol. The van der Waals surface area contributed by atoms with Crippen LogP contribution in [0.25, 0.3) is 0 Å². The minimum Gasteiger partial charge on any atom is -0.321 e. The van der Waals surface area contributed by atoms with Gasteiger partial charge in [0.2, 0.25) is 0 Å². The monoisotopic (exact) mass is 318 g/mol. The maximum Gasteiger partial charge on any atom is 0.332 e. The summed E-state index contributed by atoms with van der Waals surface area (Å²) in [7, 11) is -5.06. The number of hydrogen-bond donors (Lipinski definition) is 0. The molecule has 0 bridgehead atoms. The van der Waals surface area contributed by atoms with E-state index in [9.17, 15) is 13.0 Å². The van der Waals surface area contributed by atoms with E-state index in [2.05, 4.69) is 4.18 Å². The van der Waals surface area contributed by atoms with Crippen molar-refractivity contribution in [3.63, 3.8) is 0 Å². The van der Waals surface area contributed by atoms with E-state index in [1.54, 1.807) is 27.7 Å². The van der Waals surface area contributed by atoms with Crippen molar-refractivity contribution in [2.24, 2.45) is 0 Å². The molecule has 0 heterocycles. The van der Waals surface area contributed by atoms with Gasteiger partial charge in [-0.25, -0.2) is 0 Å². The Morgan fingerprint density at radius 1 is 1.05 bits per heavy atom. The van der Waals surface area contributed by atoms with E-state index in [1.807, 2.05) is 0 Å². The molecule has 0 fully saturated rings. The average molecular weight is 318 g/mol. The number of rotatable bonds is 10. The zero-order valence-electron chi connectivity index (χ0n) is 11.9. The molecule has 9 heteroatoms. The molecule has 0 rings (SSSR count). The summed E-state index contributed by atoms with van der Waals surface area (Å²) >= 11 is 0. The van der Waals surface area contributed by atoms with Crippen LogP contribution in [-0.2, 0) is 33.1 Å². The highest BCUT2D eigenvalue weighted by Crippen LogP contribution is 2.31. The van der Waals surface area contributed by atoms with Crippen LogP contribution in [0.1, 0.15) is 27.7 Å². The third kappa shape index (κ3) is 9.54. The van der Waals surface area contributed by atoms with Gasteiger partial charge in [0.1, 0.15) is 0 Å². The van der Waals surface area contributed by atoms with Crippen molar-refractivity contribution in [2.75, 3.05) is 19.5 Å². The molecule has 0 saturated heterocycles. The smallest absolute Gasteiger partial charge is 0.321 e. The molecule has 1 atom stereocenters. The summed E-state index contributed by atoms with van der Waals surface area (Å²) in [5.41, 5.74) is -1.64. The van der Waals surface area contributed by atoms with E-state index in [1.165, 1.54) is 0 Å². The molecule has 0 aliphatic heterocycles. The van der Waals surface area contributed by atoms with Gasteiger partial charge in [-0.05, 0) is 27.7 Å². The second kappa shape index (κ2) is 8.34.